The Morgan fingerprint density at radius 1 is 0.929 bits per heavy atom. The molecular formula is C25H32N2O. The lowest BCUT2D eigenvalue weighted by molar-refractivity contribution is -0.133. The molecule has 1 aromatic carbocycles. The van der Waals surface area contributed by atoms with Crippen molar-refractivity contribution < 1.29 is 4.79 Å². The van der Waals surface area contributed by atoms with Crippen molar-refractivity contribution in [2.75, 3.05) is 0 Å². The summed E-state index contributed by atoms with van der Waals surface area (Å²) in [6, 6.07) is 10.5. The molecular weight excluding hydrogens is 344 g/mol. The van der Waals surface area contributed by atoms with Gasteiger partial charge in [-0.25, -0.2) is 0 Å². The fourth-order valence-electron chi connectivity index (χ4n) is 7.91. The van der Waals surface area contributed by atoms with Crippen LogP contribution in [0.15, 0.2) is 30.3 Å². The van der Waals surface area contributed by atoms with Gasteiger partial charge in [0.1, 0.15) is 5.78 Å². The molecule has 4 saturated carbocycles. The van der Waals surface area contributed by atoms with E-state index in [-0.39, 0.29) is 22.7 Å². The van der Waals surface area contributed by atoms with Crippen LogP contribution in [0.3, 0.4) is 0 Å². The molecule has 148 valence electrons. The first-order valence-corrected chi connectivity index (χ1v) is 11.1. The van der Waals surface area contributed by atoms with E-state index in [4.69, 9.17) is 10.8 Å². The van der Waals surface area contributed by atoms with Crippen molar-refractivity contribution in [3.05, 3.63) is 35.9 Å². The Bertz CT molecular complexity index is 845. The Balaban J connectivity index is 1.55. The summed E-state index contributed by atoms with van der Waals surface area (Å²) in [4.78, 5) is 12.6. The normalized spacial score (nSPS) is 45.4. The summed E-state index contributed by atoms with van der Waals surface area (Å²) >= 11 is 0. The molecule has 5 rings (SSSR count). The lowest BCUT2D eigenvalue weighted by Crippen LogP contribution is -2.58. The fraction of sp³-hybridized carbons (Fsp3) is 0.640. The second-order valence-corrected chi connectivity index (χ2v) is 10.4. The Morgan fingerprint density at radius 3 is 2.43 bits per heavy atom. The van der Waals surface area contributed by atoms with Crippen LogP contribution in [0.4, 0.5) is 0 Å². The van der Waals surface area contributed by atoms with Gasteiger partial charge in [-0.1, -0.05) is 44.2 Å². The van der Waals surface area contributed by atoms with E-state index in [0.29, 0.717) is 23.5 Å². The van der Waals surface area contributed by atoms with Crippen LogP contribution in [0.1, 0.15) is 70.3 Å². The summed E-state index contributed by atoms with van der Waals surface area (Å²) in [6.07, 6.45) is 6.65. The lowest BCUT2D eigenvalue weighted by atomic mass is 9.43. The van der Waals surface area contributed by atoms with E-state index in [0.717, 1.165) is 56.4 Å². The summed E-state index contributed by atoms with van der Waals surface area (Å²) in [6.45, 7) is 4.63. The van der Waals surface area contributed by atoms with E-state index in [1.54, 1.807) is 0 Å². The standard InChI is InChI=1S/C25H32N2O/c1-24-12-10-18-16(17(24)8-9-21(24)28)14-20(27)23-22(15-6-4-3-5-7-15)19(26)11-13-25(18,23)2/h3-7,16-18,22-23,26-27H,8-14H2,1-2H3/t16?,17?,18?,22?,23?,24-,25+/m0/s1. The summed E-state index contributed by atoms with van der Waals surface area (Å²) < 4.78 is 0. The molecule has 0 heterocycles. The molecule has 4 aliphatic rings. The molecule has 0 spiro atoms. The minimum absolute atomic E-state index is 0.0620. The number of hydrogen-bond donors (Lipinski definition) is 2. The van der Waals surface area contributed by atoms with Crippen LogP contribution >= 0.6 is 0 Å². The van der Waals surface area contributed by atoms with Gasteiger partial charge in [-0.3, -0.25) is 4.79 Å². The smallest absolute Gasteiger partial charge is 0.139 e. The number of rotatable bonds is 1. The van der Waals surface area contributed by atoms with Crippen molar-refractivity contribution in [2.24, 2.45) is 34.5 Å². The van der Waals surface area contributed by atoms with Gasteiger partial charge in [0.05, 0.1) is 0 Å². The molecule has 4 aliphatic carbocycles. The largest absolute Gasteiger partial charge is 0.309 e. The third kappa shape index (κ3) is 2.31. The first kappa shape index (κ1) is 18.3. The average Bonchev–Trinajstić information content (AvgIpc) is 2.99. The molecule has 0 aromatic heterocycles. The first-order chi connectivity index (χ1) is 13.4. The quantitative estimate of drug-likeness (QED) is 0.654. The number of carbonyl (C=O) groups is 1. The minimum Gasteiger partial charge on any atom is -0.309 e. The molecule has 4 fully saturated rings. The second-order valence-electron chi connectivity index (χ2n) is 10.4. The van der Waals surface area contributed by atoms with E-state index >= 15 is 0 Å². The zero-order valence-electron chi connectivity index (χ0n) is 17.1. The molecule has 0 radical (unpaired) electrons. The fourth-order valence-corrected chi connectivity index (χ4v) is 7.91. The number of Topliss-reactive ketones (excluding diaryl/α,β-unsaturated/α-hetero) is 1. The molecule has 28 heavy (non-hydrogen) atoms. The number of ketones is 1. The van der Waals surface area contributed by atoms with Crippen LogP contribution in [0.5, 0.6) is 0 Å². The Morgan fingerprint density at radius 2 is 1.68 bits per heavy atom. The molecule has 3 nitrogen and oxygen atoms in total. The molecule has 2 N–H and O–H groups in total. The third-order valence-electron chi connectivity index (χ3n) is 9.34. The summed E-state index contributed by atoms with van der Waals surface area (Å²) in [5.41, 5.74) is 2.82. The number of fused-ring (bicyclic) bond motifs is 5. The molecule has 1 aromatic rings. The van der Waals surface area contributed by atoms with E-state index in [1.807, 2.05) is 6.07 Å². The third-order valence-corrected chi connectivity index (χ3v) is 9.34. The van der Waals surface area contributed by atoms with Gasteiger partial charge < -0.3 is 10.8 Å². The maximum Gasteiger partial charge on any atom is 0.139 e. The van der Waals surface area contributed by atoms with E-state index in [1.165, 1.54) is 5.56 Å². The van der Waals surface area contributed by atoms with E-state index in [2.05, 4.69) is 38.1 Å². The average molecular weight is 377 g/mol. The van der Waals surface area contributed by atoms with Gasteiger partial charge in [0.15, 0.2) is 0 Å². The van der Waals surface area contributed by atoms with Crippen LogP contribution < -0.4 is 0 Å². The maximum atomic E-state index is 12.6. The van der Waals surface area contributed by atoms with Crippen LogP contribution in [0.2, 0.25) is 0 Å². The van der Waals surface area contributed by atoms with Crippen molar-refractivity contribution in [3.8, 4) is 0 Å². The molecule has 0 amide bonds. The van der Waals surface area contributed by atoms with Crippen molar-refractivity contribution in [2.45, 2.75) is 64.7 Å². The van der Waals surface area contributed by atoms with Crippen molar-refractivity contribution in [3.63, 3.8) is 0 Å². The predicted octanol–water partition coefficient (Wildman–Crippen LogP) is 5.64. The van der Waals surface area contributed by atoms with E-state index in [9.17, 15) is 4.79 Å². The maximum absolute atomic E-state index is 12.6. The van der Waals surface area contributed by atoms with Gasteiger partial charge in [0, 0.05) is 35.1 Å². The monoisotopic (exact) mass is 376 g/mol. The Hall–Kier alpha value is -1.77. The van der Waals surface area contributed by atoms with Crippen LogP contribution in [0, 0.1) is 45.3 Å². The highest BCUT2D eigenvalue weighted by Gasteiger charge is 2.62. The van der Waals surface area contributed by atoms with Crippen molar-refractivity contribution >= 4 is 17.2 Å². The topological polar surface area (TPSA) is 64.8 Å². The number of carbonyl (C=O) groups excluding carboxylic acids is 1. The minimum atomic E-state index is -0.134. The molecule has 0 bridgehead atoms. The van der Waals surface area contributed by atoms with Gasteiger partial charge in [-0.05, 0) is 67.3 Å². The van der Waals surface area contributed by atoms with Gasteiger partial charge in [-0.2, -0.15) is 0 Å². The van der Waals surface area contributed by atoms with Crippen LogP contribution in [-0.4, -0.2) is 17.2 Å². The van der Waals surface area contributed by atoms with E-state index < -0.39 is 0 Å². The summed E-state index contributed by atoms with van der Waals surface area (Å²) in [5, 5.41) is 17.9. The molecule has 0 aliphatic heterocycles. The van der Waals surface area contributed by atoms with Gasteiger partial charge in [0.25, 0.3) is 0 Å². The Labute approximate surface area is 168 Å². The summed E-state index contributed by atoms with van der Waals surface area (Å²) in [7, 11) is 0. The van der Waals surface area contributed by atoms with Gasteiger partial charge >= 0.3 is 0 Å². The summed E-state index contributed by atoms with van der Waals surface area (Å²) in [5.74, 6) is 2.24. The zero-order chi connectivity index (χ0) is 19.7. The molecule has 3 heteroatoms. The SMILES string of the molecule is C[C@]12CCC(=N)C(c3ccccc3)C1C(=N)CC1C2CC[C@]2(C)C(=O)CCC12. The number of hydrogen-bond acceptors (Lipinski definition) is 3. The zero-order valence-corrected chi connectivity index (χ0v) is 17.1. The number of benzene rings is 1. The Kier molecular flexibility index (Phi) is 3.99. The highest BCUT2D eigenvalue weighted by atomic mass is 16.1. The highest BCUT2D eigenvalue weighted by Crippen LogP contribution is 2.66. The van der Waals surface area contributed by atoms with Crippen LogP contribution in [0.25, 0.3) is 0 Å². The van der Waals surface area contributed by atoms with Crippen LogP contribution in [-0.2, 0) is 4.79 Å². The first-order valence-electron chi connectivity index (χ1n) is 11.1. The van der Waals surface area contributed by atoms with Crippen molar-refractivity contribution in [1.82, 2.24) is 0 Å². The lowest BCUT2D eigenvalue weighted by Gasteiger charge is -2.61. The van der Waals surface area contributed by atoms with Gasteiger partial charge in [-0.15, -0.1) is 0 Å². The number of nitrogens with one attached hydrogen (secondary N) is 2. The molecule has 5 unspecified atom stereocenters. The molecule has 0 saturated heterocycles. The molecule has 7 atom stereocenters. The predicted molar refractivity (Wildman–Crippen MR) is 112 cm³/mol. The van der Waals surface area contributed by atoms with Gasteiger partial charge in [0.2, 0.25) is 0 Å². The van der Waals surface area contributed by atoms with Crippen molar-refractivity contribution in [1.29, 1.82) is 10.8 Å². The highest BCUT2D eigenvalue weighted by molar-refractivity contribution is 5.98. The second kappa shape index (κ2) is 6.11.